The summed E-state index contributed by atoms with van der Waals surface area (Å²) < 4.78 is 0. The Morgan fingerprint density at radius 2 is 1.17 bits per heavy atom. The van der Waals surface area contributed by atoms with Crippen molar-refractivity contribution in [2.75, 3.05) is 5.75 Å². The minimum Gasteiger partial charge on any atom is -1.00 e. The fourth-order valence-corrected chi connectivity index (χ4v) is 9.16. The highest BCUT2D eigenvalue weighted by molar-refractivity contribution is 8.04. The summed E-state index contributed by atoms with van der Waals surface area (Å²) in [4.78, 5) is 13.5. The Kier molecular flexibility index (Phi) is 10.1. The molecule has 0 saturated carbocycles. The predicted molar refractivity (Wildman–Crippen MR) is 150 cm³/mol. The Bertz CT molecular complexity index is 1150. The number of hydrogen-bond donors (Lipinski definition) is 1. The van der Waals surface area contributed by atoms with Gasteiger partial charge >= 0.3 is 0 Å². The third kappa shape index (κ3) is 6.06. The second-order valence-corrected chi connectivity index (χ2v) is 12.5. The zero-order valence-corrected chi connectivity index (χ0v) is 23.8. The fourth-order valence-electron chi connectivity index (χ4n) is 4.07. The zero-order chi connectivity index (χ0) is 23.8. The largest absolute Gasteiger partial charge is 1.00 e. The summed E-state index contributed by atoms with van der Waals surface area (Å²) >= 11 is 1.72. The number of nitrogens with one attached hydrogen (secondary N) is 1. The SMILES string of the molecule is CCS/C=C(/NC(=O)c1ccc(C)cc1)[P+](c1ccccc1)(c1ccccc1)c1ccccc1.[I-]. The van der Waals surface area contributed by atoms with Crippen LogP contribution in [-0.4, -0.2) is 11.7 Å². The molecule has 4 aromatic rings. The molecule has 0 aliphatic carbocycles. The molecule has 0 unspecified atom stereocenters. The molecule has 0 fully saturated rings. The molecule has 0 bridgehead atoms. The molecule has 0 spiro atoms. The van der Waals surface area contributed by atoms with Gasteiger partial charge in [0.15, 0.2) is 12.7 Å². The van der Waals surface area contributed by atoms with Crippen molar-refractivity contribution in [2.24, 2.45) is 0 Å². The van der Waals surface area contributed by atoms with Crippen LogP contribution in [0.5, 0.6) is 0 Å². The summed E-state index contributed by atoms with van der Waals surface area (Å²) in [7, 11) is -2.37. The molecule has 1 N–H and O–H groups in total. The topological polar surface area (TPSA) is 29.1 Å². The molecule has 4 rings (SSSR count). The van der Waals surface area contributed by atoms with E-state index in [0.717, 1.165) is 16.8 Å². The van der Waals surface area contributed by atoms with Crippen LogP contribution in [0.25, 0.3) is 0 Å². The molecule has 1 amide bonds. The average Bonchev–Trinajstić information content (AvgIpc) is 2.90. The summed E-state index contributed by atoms with van der Waals surface area (Å²) in [5.74, 6) is 0.831. The second-order valence-electron chi connectivity index (χ2n) is 7.96. The van der Waals surface area contributed by atoms with E-state index in [1.54, 1.807) is 11.8 Å². The van der Waals surface area contributed by atoms with Crippen molar-refractivity contribution in [3.8, 4) is 0 Å². The zero-order valence-electron chi connectivity index (χ0n) is 19.9. The lowest BCUT2D eigenvalue weighted by Gasteiger charge is -2.29. The molecule has 35 heavy (non-hydrogen) atoms. The van der Waals surface area contributed by atoms with Crippen LogP contribution in [0.3, 0.4) is 0 Å². The number of amides is 1. The maximum Gasteiger partial charge on any atom is 0.258 e. The summed E-state index contributed by atoms with van der Waals surface area (Å²) in [5, 5.41) is 9.16. The lowest BCUT2D eigenvalue weighted by molar-refractivity contribution is -0.0000149. The predicted octanol–water partition coefficient (Wildman–Crippen LogP) is 3.27. The molecule has 0 saturated heterocycles. The van der Waals surface area contributed by atoms with Crippen LogP contribution in [0.1, 0.15) is 22.8 Å². The fraction of sp³-hybridized carbons (Fsp3) is 0.100. The molecular weight excluding hydrogens is 580 g/mol. The number of rotatable bonds is 8. The maximum absolute atomic E-state index is 13.5. The van der Waals surface area contributed by atoms with Gasteiger partial charge in [-0.3, -0.25) is 10.1 Å². The van der Waals surface area contributed by atoms with Crippen LogP contribution in [-0.2, 0) is 0 Å². The van der Waals surface area contributed by atoms with Gasteiger partial charge in [0.05, 0.1) is 0 Å². The van der Waals surface area contributed by atoms with E-state index < -0.39 is 7.26 Å². The van der Waals surface area contributed by atoms with Gasteiger partial charge in [0.2, 0.25) is 0 Å². The van der Waals surface area contributed by atoms with Crippen LogP contribution in [0.2, 0.25) is 0 Å². The number of halogens is 1. The quantitative estimate of drug-likeness (QED) is 0.246. The van der Waals surface area contributed by atoms with Crippen LogP contribution in [0.4, 0.5) is 0 Å². The van der Waals surface area contributed by atoms with E-state index in [2.05, 4.69) is 90.4 Å². The molecule has 0 radical (unpaired) electrons. The first-order chi connectivity index (χ1) is 16.7. The molecule has 0 aliphatic rings. The van der Waals surface area contributed by atoms with Gasteiger partial charge in [-0.05, 0) is 61.2 Å². The first-order valence-corrected chi connectivity index (χ1v) is 14.3. The van der Waals surface area contributed by atoms with E-state index in [4.69, 9.17) is 0 Å². The number of thioether (sulfide) groups is 1. The van der Waals surface area contributed by atoms with Crippen molar-refractivity contribution in [1.29, 1.82) is 0 Å². The van der Waals surface area contributed by atoms with Crippen molar-refractivity contribution in [2.45, 2.75) is 13.8 Å². The Balaban J connectivity index is 0.00000342. The first kappa shape index (κ1) is 27.2. The first-order valence-electron chi connectivity index (χ1n) is 11.4. The Hall–Kier alpha value is -2.40. The third-order valence-electron chi connectivity index (χ3n) is 5.71. The molecule has 4 aromatic carbocycles. The summed E-state index contributed by atoms with van der Waals surface area (Å²) in [5.41, 5.74) is 2.74. The summed E-state index contributed by atoms with van der Waals surface area (Å²) in [6, 6.07) is 39.5. The Labute approximate surface area is 230 Å². The van der Waals surface area contributed by atoms with Gasteiger partial charge in [0.25, 0.3) is 5.91 Å². The molecule has 5 heteroatoms. The Morgan fingerprint density at radius 1 is 0.743 bits per heavy atom. The number of aryl methyl sites for hydroxylation is 1. The highest BCUT2D eigenvalue weighted by Crippen LogP contribution is 2.61. The second kappa shape index (κ2) is 13.1. The number of carbonyl (C=O) groups is 1. The summed E-state index contributed by atoms with van der Waals surface area (Å²) in [6.07, 6.45) is 0. The van der Waals surface area contributed by atoms with E-state index >= 15 is 0 Å². The lowest BCUT2D eigenvalue weighted by atomic mass is 10.1. The van der Waals surface area contributed by atoms with Crippen molar-refractivity contribution in [3.05, 3.63) is 137 Å². The van der Waals surface area contributed by atoms with Crippen molar-refractivity contribution < 1.29 is 28.8 Å². The van der Waals surface area contributed by atoms with E-state index in [1.165, 1.54) is 15.9 Å². The highest BCUT2D eigenvalue weighted by atomic mass is 127. The third-order valence-corrected chi connectivity index (χ3v) is 10.8. The minimum atomic E-state index is -2.37. The van der Waals surface area contributed by atoms with Gasteiger partial charge in [-0.15, -0.1) is 11.8 Å². The minimum absolute atomic E-state index is 0. The van der Waals surface area contributed by atoms with Crippen LogP contribution in [0.15, 0.2) is 126 Å². The van der Waals surface area contributed by atoms with E-state index in [9.17, 15) is 4.79 Å². The van der Waals surface area contributed by atoms with Crippen LogP contribution in [0, 0.1) is 6.92 Å². The molecule has 0 atom stereocenters. The standard InChI is InChI=1S/C30H28NOPS.HI/c1-3-34-23-29(31-30(32)25-21-19-24(2)20-22-25)33(26-13-7-4-8-14-26,27-15-9-5-10-16-27)28-17-11-6-12-18-28;/h4-23H,3H2,1-2H3;1H/b29-23-;. The van der Waals surface area contributed by atoms with Gasteiger partial charge in [0.1, 0.15) is 15.9 Å². The van der Waals surface area contributed by atoms with Crippen molar-refractivity contribution in [1.82, 2.24) is 5.32 Å². The lowest BCUT2D eigenvalue weighted by Crippen LogP contribution is -3.00. The summed E-state index contributed by atoms with van der Waals surface area (Å²) in [6.45, 7) is 4.16. The number of benzene rings is 4. The van der Waals surface area contributed by atoms with Gasteiger partial charge < -0.3 is 24.0 Å². The number of carbonyl (C=O) groups excluding carboxylic acids is 1. The molecule has 178 valence electrons. The maximum atomic E-state index is 13.5. The van der Waals surface area contributed by atoms with E-state index in [-0.39, 0.29) is 29.9 Å². The highest BCUT2D eigenvalue weighted by Gasteiger charge is 2.50. The van der Waals surface area contributed by atoms with Gasteiger partial charge in [-0.2, -0.15) is 0 Å². The Morgan fingerprint density at radius 3 is 1.57 bits per heavy atom. The molecule has 2 nitrogen and oxygen atoms in total. The molecular formula is C30H29INOPS. The molecule has 0 aliphatic heterocycles. The van der Waals surface area contributed by atoms with Gasteiger partial charge in [-0.1, -0.05) is 79.2 Å². The smallest absolute Gasteiger partial charge is 0.258 e. The average molecular weight is 610 g/mol. The van der Waals surface area contributed by atoms with Crippen molar-refractivity contribution in [3.63, 3.8) is 0 Å². The van der Waals surface area contributed by atoms with Gasteiger partial charge in [0, 0.05) is 11.0 Å². The van der Waals surface area contributed by atoms with Gasteiger partial charge in [-0.25, -0.2) is 0 Å². The van der Waals surface area contributed by atoms with Crippen LogP contribution >= 0.6 is 19.0 Å². The molecule has 0 aromatic heterocycles. The van der Waals surface area contributed by atoms with Crippen molar-refractivity contribution >= 4 is 40.8 Å². The normalized spacial score (nSPS) is 11.4. The van der Waals surface area contributed by atoms with Crippen LogP contribution < -0.4 is 45.2 Å². The van der Waals surface area contributed by atoms with E-state index in [0.29, 0.717) is 5.56 Å². The molecule has 0 heterocycles. The monoisotopic (exact) mass is 609 g/mol. The number of hydrogen-bond acceptors (Lipinski definition) is 2. The van der Waals surface area contributed by atoms with E-state index in [1.807, 2.05) is 49.4 Å².